The maximum Gasteiger partial charge on any atom is 0.221 e. The van der Waals surface area contributed by atoms with E-state index < -0.39 is 5.54 Å². The normalized spacial score (nSPS) is 27.0. The van der Waals surface area contributed by atoms with Crippen molar-refractivity contribution in [3.63, 3.8) is 0 Å². The van der Waals surface area contributed by atoms with Gasteiger partial charge in [0.2, 0.25) is 5.91 Å². The van der Waals surface area contributed by atoms with Gasteiger partial charge in [0.15, 0.2) is 5.78 Å². The number of Topliss-reactive ketones (excluding diaryl/α,β-unsaturated/α-hetero) is 1. The monoisotopic (exact) mass is 213 g/mol. The van der Waals surface area contributed by atoms with Crippen molar-refractivity contribution in [3.8, 4) is 0 Å². The number of carbonyl (C=O) groups is 2. The van der Waals surface area contributed by atoms with E-state index in [1.165, 1.54) is 0 Å². The Morgan fingerprint density at radius 1 is 1.19 bits per heavy atom. The van der Waals surface area contributed by atoms with Crippen molar-refractivity contribution in [2.45, 2.75) is 18.4 Å². The van der Waals surface area contributed by atoms with E-state index >= 15 is 0 Å². The lowest BCUT2D eigenvalue weighted by Gasteiger charge is -2.27. The number of carbonyl (C=O) groups excluding carboxylic acids is 2. The highest BCUT2D eigenvalue weighted by Crippen LogP contribution is 2.32. The molecule has 3 rings (SSSR count). The molecule has 1 saturated heterocycles. The molecule has 1 aromatic carbocycles. The number of benzene rings is 1. The van der Waals surface area contributed by atoms with Gasteiger partial charge < -0.3 is 5.32 Å². The summed E-state index contributed by atoms with van der Waals surface area (Å²) in [6.45, 7) is 0. The maximum absolute atomic E-state index is 12.3. The molecule has 80 valence electrons. The highest BCUT2D eigenvalue weighted by atomic mass is 16.2. The predicted octanol–water partition coefficient (Wildman–Crippen LogP) is 1.54. The average Bonchev–Trinajstić information content (AvgIpc) is 2.68. The molecule has 0 aromatic heterocycles. The van der Waals surface area contributed by atoms with Crippen LogP contribution in [0.5, 0.6) is 0 Å². The van der Waals surface area contributed by atoms with Gasteiger partial charge in [-0.3, -0.25) is 9.59 Å². The van der Waals surface area contributed by atoms with Crippen molar-refractivity contribution in [2.75, 3.05) is 0 Å². The van der Waals surface area contributed by atoms with Crippen LogP contribution in [0.1, 0.15) is 28.8 Å². The second-order valence-electron chi connectivity index (χ2n) is 4.27. The fourth-order valence-electron chi connectivity index (χ4n) is 2.38. The van der Waals surface area contributed by atoms with Crippen LogP contribution in [-0.2, 0) is 4.79 Å². The molecule has 1 heterocycles. The minimum Gasteiger partial charge on any atom is -0.340 e. The smallest absolute Gasteiger partial charge is 0.221 e. The van der Waals surface area contributed by atoms with Crippen molar-refractivity contribution in [3.05, 3.63) is 41.5 Å². The largest absolute Gasteiger partial charge is 0.340 e. The van der Waals surface area contributed by atoms with Crippen molar-refractivity contribution < 1.29 is 9.59 Å². The second-order valence-corrected chi connectivity index (χ2v) is 4.27. The Bertz CT molecular complexity index is 518. The molecule has 1 spiro atoms. The highest BCUT2D eigenvalue weighted by molar-refractivity contribution is 6.12. The van der Waals surface area contributed by atoms with Crippen LogP contribution in [0.4, 0.5) is 0 Å². The summed E-state index contributed by atoms with van der Waals surface area (Å²) >= 11 is 0. The molecule has 1 atom stereocenters. The summed E-state index contributed by atoms with van der Waals surface area (Å²) in [4.78, 5) is 23.6. The van der Waals surface area contributed by atoms with E-state index in [1.807, 2.05) is 36.4 Å². The van der Waals surface area contributed by atoms with Gasteiger partial charge in [0, 0.05) is 12.0 Å². The summed E-state index contributed by atoms with van der Waals surface area (Å²) in [5.74, 6) is -0.0335. The molecule has 1 aliphatic heterocycles. The van der Waals surface area contributed by atoms with E-state index in [1.54, 1.807) is 0 Å². The quantitative estimate of drug-likeness (QED) is 0.710. The summed E-state index contributed by atoms with van der Waals surface area (Å²) in [5, 5.41) is 2.78. The van der Waals surface area contributed by atoms with E-state index in [0.29, 0.717) is 18.4 Å². The van der Waals surface area contributed by atoms with Crippen LogP contribution in [-0.4, -0.2) is 17.2 Å². The standard InChI is InChI=1S/C13H11NO2/c15-11-6-8-13(14-11)7-5-9-3-1-2-4-10(9)12(13)16/h1-5,7H,6,8H2,(H,14,15). The number of fused-ring (bicyclic) bond motifs is 1. The van der Waals surface area contributed by atoms with E-state index in [4.69, 9.17) is 0 Å². The van der Waals surface area contributed by atoms with Crippen molar-refractivity contribution in [1.82, 2.24) is 5.32 Å². The first-order valence-electron chi connectivity index (χ1n) is 5.35. The molecular weight excluding hydrogens is 202 g/mol. The third-order valence-corrected chi connectivity index (χ3v) is 3.27. The molecule has 0 saturated carbocycles. The lowest BCUT2D eigenvalue weighted by Crippen LogP contribution is -2.48. The van der Waals surface area contributed by atoms with Crippen molar-refractivity contribution >= 4 is 17.8 Å². The molecule has 1 fully saturated rings. The number of ketones is 1. The molecule has 0 radical (unpaired) electrons. The molecule has 16 heavy (non-hydrogen) atoms. The Labute approximate surface area is 93.2 Å². The zero-order valence-electron chi connectivity index (χ0n) is 8.69. The Morgan fingerprint density at radius 3 is 2.75 bits per heavy atom. The number of amides is 1. The topological polar surface area (TPSA) is 46.2 Å². The maximum atomic E-state index is 12.3. The summed E-state index contributed by atoms with van der Waals surface area (Å²) in [5.41, 5.74) is 0.859. The van der Waals surface area contributed by atoms with Crippen molar-refractivity contribution in [2.24, 2.45) is 0 Å². The van der Waals surface area contributed by atoms with Gasteiger partial charge in [-0.2, -0.15) is 0 Å². The van der Waals surface area contributed by atoms with Gasteiger partial charge in [0.05, 0.1) is 0 Å². The molecule has 1 unspecified atom stereocenters. The van der Waals surface area contributed by atoms with Gasteiger partial charge in [0.1, 0.15) is 5.54 Å². The predicted molar refractivity (Wildman–Crippen MR) is 59.9 cm³/mol. The summed E-state index contributed by atoms with van der Waals surface area (Å²) < 4.78 is 0. The van der Waals surface area contributed by atoms with Gasteiger partial charge in [0.25, 0.3) is 0 Å². The van der Waals surface area contributed by atoms with Crippen molar-refractivity contribution in [1.29, 1.82) is 0 Å². The Hall–Kier alpha value is -1.90. The third-order valence-electron chi connectivity index (χ3n) is 3.27. The van der Waals surface area contributed by atoms with E-state index in [-0.39, 0.29) is 11.7 Å². The van der Waals surface area contributed by atoms with Crippen LogP contribution < -0.4 is 5.32 Å². The molecular formula is C13H11NO2. The minimum atomic E-state index is -0.772. The van der Waals surface area contributed by atoms with Crippen LogP contribution in [0.2, 0.25) is 0 Å². The number of nitrogens with one attached hydrogen (secondary N) is 1. The number of hydrogen-bond acceptors (Lipinski definition) is 2. The average molecular weight is 213 g/mol. The highest BCUT2D eigenvalue weighted by Gasteiger charge is 2.44. The fourth-order valence-corrected chi connectivity index (χ4v) is 2.38. The summed E-state index contributed by atoms with van der Waals surface area (Å²) in [6.07, 6.45) is 4.73. The lowest BCUT2D eigenvalue weighted by molar-refractivity contribution is -0.119. The van der Waals surface area contributed by atoms with E-state index in [0.717, 1.165) is 5.56 Å². The first-order chi connectivity index (χ1) is 7.71. The van der Waals surface area contributed by atoms with Crippen LogP contribution in [0.15, 0.2) is 30.3 Å². The van der Waals surface area contributed by atoms with Gasteiger partial charge in [-0.25, -0.2) is 0 Å². The fraction of sp³-hybridized carbons (Fsp3) is 0.231. The van der Waals surface area contributed by atoms with E-state index in [9.17, 15) is 9.59 Å². The third kappa shape index (κ3) is 1.14. The van der Waals surface area contributed by atoms with Crippen LogP contribution >= 0.6 is 0 Å². The Kier molecular flexibility index (Phi) is 1.78. The zero-order chi connectivity index (χ0) is 11.2. The van der Waals surface area contributed by atoms with Crippen LogP contribution in [0.3, 0.4) is 0 Å². The molecule has 1 aliphatic carbocycles. The molecule has 3 nitrogen and oxygen atoms in total. The molecule has 0 bridgehead atoms. The molecule has 2 aliphatic rings. The lowest BCUT2D eigenvalue weighted by atomic mass is 9.81. The first-order valence-corrected chi connectivity index (χ1v) is 5.35. The van der Waals surface area contributed by atoms with Gasteiger partial charge in [-0.1, -0.05) is 36.4 Å². The van der Waals surface area contributed by atoms with E-state index in [2.05, 4.69) is 5.32 Å². The molecule has 1 N–H and O–H groups in total. The molecule has 3 heteroatoms. The first kappa shape index (κ1) is 9.33. The van der Waals surface area contributed by atoms with Gasteiger partial charge in [-0.15, -0.1) is 0 Å². The van der Waals surface area contributed by atoms with Gasteiger partial charge >= 0.3 is 0 Å². The summed E-state index contributed by atoms with van der Waals surface area (Å²) in [6, 6.07) is 7.48. The molecule has 1 amide bonds. The minimum absolute atomic E-state index is 0.0106. The Morgan fingerprint density at radius 2 is 2.00 bits per heavy atom. The van der Waals surface area contributed by atoms with Gasteiger partial charge in [-0.05, 0) is 12.0 Å². The second kappa shape index (κ2) is 3.04. The zero-order valence-corrected chi connectivity index (χ0v) is 8.69. The Balaban J connectivity index is 2.11. The SMILES string of the molecule is O=C1CCC2(C=Cc3ccccc3C2=O)N1. The van der Waals surface area contributed by atoms with Crippen LogP contribution in [0, 0.1) is 0 Å². The number of hydrogen-bond donors (Lipinski definition) is 1. The summed E-state index contributed by atoms with van der Waals surface area (Å²) in [7, 11) is 0. The van der Waals surface area contributed by atoms with Crippen LogP contribution in [0.25, 0.3) is 6.08 Å². The molecule has 1 aromatic rings. The number of rotatable bonds is 0.